The van der Waals surface area contributed by atoms with E-state index in [1.165, 1.54) is 70.6 Å². The van der Waals surface area contributed by atoms with E-state index in [1.54, 1.807) is 0 Å². The summed E-state index contributed by atoms with van der Waals surface area (Å²) in [5, 5.41) is 0. The van der Waals surface area contributed by atoms with E-state index in [0.29, 0.717) is 19.3 Å². The molecule has 6 nitrogen and oxygen atoms in total. The van der Waals surface area contributed by atoms with Gasteiger partial charge in [-0.3, -0.25) is 14.4 Å². The number of carbonyl (C=O) groups excluding carboxylic acids is 3. The Morgan fingerprint density at radius 1 is 0.328 bits per heavy atom. The second-order valence-electron chi connectivity index (χ2n) is 17.2. The number of carbonyl (C=O) groups is 3. The van der Waals surface area contributed by atoms with Gasteiger partial charge in [0.1, 0.15) is 13.2 Å². The average Bonchev–Trinajstić information content (AvgIpc) is 3.33. The zero-order valence-corrected chi connectivity index (χ0v) is 42.9. The van der Waals surface area contributed by atoms with Crippen LogP contribution in [-0.4, -0.2) is 37.2 Å². The molecule has 376 valence electrons. The Bertz CT molecular complexity index is 1480. The van der Waals surface area contributed by atoms with Gasteiger partial charge in [-0.05, 0) is 96.3 Å². The van der Waals surface area contributed by atoms with Gasteiger partial charge < -0.3 is 14.2 Å². The topological polar surface area (TPSA) is 78.9 Å². The molecule has 0 aliphatic heterocycles. The molecule has 1 atom stereocenters. The van der Waals surface area contributed by atoms with Crippen molar-refractivity contribution < 1.29 is 28.6 Å². The molecule has 0 saturated heterocycles. The van der Waals surface area contributed by atoms with Crippen LogP contribution >= 0.6 is 0 Å². The summed E-state index contributed by atoms with van der Waals surface area (Å²) in [6.45, 7) is 6.32. The zero-order chi connectivity index (χ0) is 48.6. The van der Waals surface area contributed by atoms with Crippen LogP contribution in [0.5, 0.6) is 0 Å². The van der Waals surface area contributed by atoms with Crippen molar-refractivity contribution in [1.82, 2.24) is 0 Å². The number of unbranched alkanes of at least 4 members (excludes halogenated alkanes) is 17. The summed E-state index contributed by atoms with van der Waals surface area (Å²) in [6, 6.07) is 0. The predicted octanol–water partition coefficient (Wildman–Crippen LogP) is 17.9. The Morgan fingerprint density at radius 2 is 0.701 bits per heavy atom. The summed E-state index contributed by atoms with van der Waals surface area (Å²) in [7, 11) is 0. The van der Waals surface area contributed by atoms with Crippen LogP contribution in [0.4, 0.5) is 0 Å². The molecule has 0 fully saturated rings. The minimum Gasteiger partial charge on any atom is -0.462 e. The fourth-order valence-electron chi connectivity index (χ4n) is 6.75. The third-order valence-electron chi connectivity index (χ3n) is 10.7. The number of rotatable bonds is 46. The van der Waals surface area contributed by atoms with Gasteiger partial charge in [0.2, 0.25) is 0 Å². The van der Waals surface area contributed by atoms with Gasteiger partial charge in [-0.1, -0.05) is 231 Å². The Kier molecular flexibility index (Phi) is 50.6. The van der Waals surface area contributed by atoms with Gasteiger partial charge in [-0.2, -0.15) is 0 Å². The summed E-state index contributed by atoms with van der Waals surface area (Å²) < 4.78 is 16.7. The van der Waals surface area contributed by atoms with Gasteiger partial charge in [0.25, 0.3) is 0 Å². The van der Waals surface area contributed by atoms with E-state index >= 15 is 0 Å². The molecular weight excluding hydrogens is 829 g/mol. The first-order chi connectivity index (χ1) is 33.0. The first-order valence-corrected chi connectivity index (χ1v) is 26.8. The SMILES string of the molecule is CC/C=C\C/C=C\C/C=C\C/C=C\C/C=C\CCC(=O)OC(COC(=O)CCCCCCC\C=C/C=C\C=C/C=C\C=C/CCC)COC(=O)CCCCCCCCC/C=C\CCCCCC. The molecule has 0 N–H and O–H groups in total. The number of hydrogen-bond donors (Lipinski definition) is 0. The van der Waals surface area contributed by atoms with E-state index in [2.05, 4.69) is 106 Å². The van der Waals surface area contributed by atoms with Gasteiger partial charge in [-0.15, -0.1) is 0 Å². The smallest absolute Gasteiger partial charge is 0.306 e. The molecule has 67 heavy (non-hydrogen) atoms. The van der Waals surface area contributed by atoms with Crippen molar-refractivity contribution in [3.8, 4) is 0 Å². The van der Waals surface area contributed by atoms with Crippen LogP contribution in [0.1, 0.15) is 213 Å². The fourth-order valence-corrected chi connectivity index (χ4v) is 6.75. The summed E-state index contributed by atoms with van der Waals surface area (Å²) in [5.41, 5.74) is 0. The Hall–Kier alpha value is -4.45. The zero-order valence-electron chi connectivity index (χ0n) is 42.9. The number of esters is 3. The molecule has 0 aromatic carbocycles. The van der Waals surface area contributed by atoms with Gasteiger partial charge in [0.15, 0.2) is 6.10 Å². The Labute approximate surface area is 411 Å². The molecule has 6 heteroatoms. The molecule has 0 saturated carbocycles. The van der Waals surface area contributed by atoms with E-state index in [4.69, 9.17) is 14.2 Å². The van der Waals surface area contributed by atoms with Crippen LogP contribution in [0.3, 0.4) is 0 Å². The summed E-state index contributed by atoms with van der Waals surface area (Å²) in [6.07, 6.45) is 75.8. The van der Waals surface area contributed by atoms with Crippen molar-refractivity contribution in [2.24, 2.45) is 0 Å². The largest absolute Gasteiger partial charge is 0.462 e. The molecule has 0 aliphatic rings. The first kappa shape index (κ1) is 62.5. The third-order valence-corrected chi connectivity index (χ3v) is 10.7. The predicted molar refractivity (Wildman–Crippen MR) is 288 cm³/mol. The minimum atomic E-state index is -0.835. The van der Waals surface area contributed by atoms with Crippen LogP contribution in [0.25, 0.3) is 0 Å². The van der Waals surface area contributed by atoms with E-state index in [9.17, 15) is 14.4 Å². The van der Waals surface area contributed by atoms with E-state index in [-0.39, 0.29) is 31.6 Å². The standard InChI is InChI=1S/C61H96O6/c1-4-7-10-13-16-19-22-25-28-30-31-34-36-39-42-45-48-51-54-60(63)66-57-58(56-65-59(62)53-50-47-44-41-38-35-32-27-24-21-18-15-12-9-6-3)67-61(64)55-52-49-46-43-40-37-33-29-26-23-20-17-14-11-8-5-2/h8,10-11,13,16-17,19-22,24-26,28-31,34,37,40,46,49,58H,4-7,9,12,14-15,18,23,27,32-33,35-36,38-39,41-45,47-48,50-57H2,1-3H3/b11-8-,13-10-,19-16-,20-17-,24-21-,25-22-,29-26-,30-28-,34-31-,40-37-,49-46-. The second kappa shape index (κ2) is 54.2. The van der Waals surface area contributed by atoms with Crippen molar-refractivity contribution in [2.45, 2.75) is 219 Å². The monoisotopic (exact) mass is 925 g/mol. The van der Waals surface area contributed by atoms with Crippen LogP contribution in [-0.2, 0) is 28.6 Å². The van der Waals surface area contributed by atoms with E-state index in [1.807, 2.05) is 48.6 Å². The van der Waals surface area contributed by atoms with Crippen molar-refractivity contribution in [2.75, 3.05) is 13.2 Å². The number of allylic oxidation sites excluding steroid dienone is 22. The minimum absolute atomic E-state index is 0.123. The molecule has 0 spiro atoms. The van der Waals surface area contributed by atoms with Crippen LogP contribution in [0, 0.1) is 0 Å². The van der Waals surface area contributed by atoms with Crippen molar-refractivity contribution in [1.29, 1.82) is 0 Å². The fraction of sp³-hybridized carbons (Fsp3) is 0.590. The molecule has 0 aromatic rings. The highest BCUT2D eigenvalue weighted by Gasteiger charge is 2.19. The van der Waals surface area contributed by atoms with Gasteiger partial charge in [0, 0.05) is 19.3 Å². The van der Waals surface area contributed by atoms with E-state index < -0.39 is 12.1 Å². The molecule has 0 rings (SSSR count). The van der Waals surface area contributed by atoms with Gasteiger partial charge >= 0.3 is 17.9 Å². The van der Waals surface area contributed by atoms with Crippen molar-refractivity contribution >= 4 is 17.9 Å². The Morgan fingerprint density at radius 3 is 1.16 bits per heavy atom. The molecular formula is C61H96O6. The third kappa shape index (κ3) is 52.4. The highest BCUT2D eigenvalue weighted by atomic mass is 16.6. The first-order valence-electron chi connectivity index (χ1n) is 26.8. The lowest BCUT2D eigenvalue weighted by Crippen LogP contribution is -2.30. The number of hydrogen-bond acceptors (Lipinski definition) is 6. The highest BCUT2D eigenvalue weighted by Crippen LogP contribution is 2.13. The average molecular weight is 925 g/mol. The molecule has 0 aliphatic carbocycles. The molecule has 0 heterocycles. The molecule has 0 aromatic heterocycles. The lowest BCUT2D eigenvalue weighted by molar-refractivity contribution is -0.166. The van der Waals surface area contributed by atoms with Crippen LogP contribution in [0.2, 0.25) is 0 Å². The molecule has 0 amide bonds. The maximum atomic E-state index is 12.8. The molecule has 1 unspecified atom stereocenters. The van der Waals surface area contributed by atoms with Gasteiger partial charge in [-0.25, -0.2) is 0 Å². The maximum absolute atomic E-state index is 12.8. The van der Waals surface area contributed by atoms with Crippen LogP contribution in [0.15, 0.2) is 134 Å². The summed E-state index contributed by atoms with van der Waals surface area (Å²) in [4.78, 5) is 38.0. The lowest BCUT2D eigenvalue weighted by atomic mass is 10.1. The molecule has 0 bridgehead atoms. The van der Waals surface area contributed by atoms with Gasteiger partial charge in [0.05, 0.1) is 0 Å². The van der Waals surface area contributed by atoms with Crippen LogP contribution < -0.4 is 0 Å². The molecule has 0 radical (unpaired) electrons. The Balaban J connectivity index is 4.58. The second-order valence-corrected chi connectivity index (χ2v) is 17.2. The quantitative estimate of drug-likeness (QED) is 0.0199. The summed E-state index contributed by atoms with van der Waals surface area (Å²) >= 11 is 0. The normalized spacial score (nSPS) is 13.2. The maximum Gasteiger partial charge on any atom is 0.306 e. The number of ether oxygens (including phenoxy) is 3. The highest BCUT2D eigenvalue weighted by molar-refractivity contribution is 5.71. The van der Waals surface area contributed by atoms with Crippen molar-refractivity contribution in [3.63, 3.8) is 0 Å². The van der Waals surface area contributed by atoms with E-state index in [0.717, 1.165) is 96.3 Å². The lowest BCUT2D eigenvalue weighted by Gasteiger charge is -2.18. The van der Waals surface area contributed by atoms with Crippen molar-refractivity contribution in [3.05, 3.63) is 134 Å². The summed E-state index contributed by atoms with van der Waals surface area (Å²) in [5.74, 6) is -1.04.